The van der Waals surface area contributed by atoms with Crippen LogP contribution in [-0.4, -0.2) is 52.7 Å². The van der Waals surface area contributed by atoms with Crippen molar-refractivity contribution in [3.05, 3.63) is 22.2 Å². The van der Waals surface area contributed by atoms with Crippen LogP contribution >= 0.6 is 11.3 Å². The maximum absolute atomic E-state index is 12.0. The van der Waals surface area contributed by atoms with Crippen LogP contribution in [0.4, 0.5) is 0 Å². The number of hydrogen-bond acceptors (Lipinski definition) is 5. The summed E-state index contributed by atoms with van der Waals surface area (Å²) in [5.41, 5.74) is 0.797. The molecule has 1 amide bonds. The Morgan fingerprint density at radius 3 is 2.81 bits per heavy atom. The molecule has 0 saturated carbocycles. The van der Waals surface area contributed by atoms with Crippen molar-refractivity contribution < 1.29 is 19.4 Å². The highest BCUT2D eigenvalue weighted by atomic mass is 32.1. The van der Waals surface area contributed by atoms with Crippen LogP contribution in [0.15, 0.2) is 11.5 Å². The van der Waals surface area contributed by atoms with Gasteiger partial charge in [0, 0.05) is 24.5 Å². The second-order valence-electron chi connectivity index (χ2n) is 4.85. The monoisotopic (exact) mass is 310 g/mol. The van der Waals surface area contributed by atoms with Gasteiger partial charge >= 0.3 is 5.97 Å². The number of aliphatic carboxylic acids is 1. The van der Waals surface area contributed by atoms with Crippen LogP contribution in [0.2, 0.25) is 0 Å². The first-order valence-electron chi connectivity index (χ1n) is 6.77. The molecule has 0 spiro atoms. The maximum Gasteiger partial charge on any atom is 0.329 e. The van der Waals surface area contributed by atoms with Crippen molar-refractivity contribution in [3.63, 3.8) is 0 Å². The fraction of sp³-hybridized carbons (Fsp3) is 0.500. The number of carboxylic acids is 1. The summed E-state index contributed by atoms with van der Waals surface area (Å²) in [7, 11) is 0. The molecule has 6 nitrogen and oxygen atoms in total. The van der Waals surface area contributed by atoms with Crippen LogP contribution in [0.5, 0.6) is 0 Å². The van der Waals surface area contributed by atoms with Crippen molar-refractivity contribution in [2.24, 2.45) is 0 Å². The second-order valence-corrected chi connectivity index (χ2v) is 5.92. The molecule has 114 valence electrons. The Hall–Kier alpha value is -1.73. The van der Waals surface area contributed by atoms with Crippen LogP contribution in [0.1, 0.15) is 23.5 Å². The average Bonchev–Trinajstić information content (AvgIpc) is 2.89. The first kappa shape index (κ1) is 15.7. The number of ether oxygens (including phenoxy) is 1. The molecule has 0 atom stereocenters. The molecule has 1 aromatic heterocycles. The average molecular weight is 310 g/mol. The van der Waals surface area contributed by atoms with Gasteiger partial charge in [0.2, 0.25) is 5.91 Å². The highest BCUT2D eigenvalue weighted by Crippen LogP contribution is 2.15. The quantitative estimate of drug-likeness (QED) is 0.835. The molecule has 0 aromatic carbocycles. The molecule has 0 radical (unpaired) electrons. The maximum atomic E-state index is 12.0. The third kappa shape index (κ3) is 4.95. The fourth-order valence-electron chi connectivity index (χ4n) is 2.15. The molecule has 1 fully saturated rings. The van der Waals surface area contributed by atoms with Gasteiger partial charge < -0.3 is 14.7 Å². The lowest BCUT2D eigenvalue weighted by molar-refractivity contribution is -0.146. The number of thiazole rings is 1. The first-order chi connectivity index (χ1) is 10.0. The minimum absolute atomic E-state index is 0.0441. The van der Waals surface area contributed by atoms with Crippen molar-refractivity contribution in [2.45, 2.75) is 25.9 Å². The molecular formula is C14H18N2O4S. The molecule has 1 aliphatic heterocycles. The Bertz CT molecular complexity index is 533. The summed E-state index contributed by atoms with van der Waals surface area (Å²) in [4.78, 5) is 28.5. The standard InChI is InChI=1S/C14H18N2O4S/c1-10-15-11(9-21-10)2-3-13(17)16-6-4-12(5-7-16)20-8-14(18)19/h2-3,9,12H,4-8H2,1H3,(H,18,19). The van der Waals surface area contributed by atoms with E-state index in [1.165, 1.54) is 6.08 Å². The Labute approximate surface area is 127 Å². The van der Waals surface area contributed by atoms with Gasteiger partial charge in [-0.25, -0.2) is 9.78 Å². The van der Waals surface area contributed by atoms with Crippen LogP contribution in [0.25, 0.3) is 6.08 Å². The van der Waals surface area contributed by atoms with Gasteiger partial charge in [-0.1, -0.05) is 0 Å². The SMILES string of the molecule is Cc1nc(C=CC(=O)N2CCC(OCC(=O)O)CC2)cs1. The Balaban J connectivity index is 1.77. The number of likely N-dealkylation sites (tertiary alicyclic amines) is 1. The van der Waals surface area contributed by atoms with Gasteiger partial charge in [-0.3, -0.25) is 4.79 Å². The minimum atomic E-state index is -0.963. The molecule has 1 N–H and O–H groups in total. The Morgan fingerprint density at radius 1 is 1.52 bits per heavy atom. The lowest BCUT2D eigenvalue weighted by Crippen LogP contribution is -2.40. The van der Waals surface area contributed by atoms with Crippen molar-refractivity contribution in [2.75, 3.05) is 19.7 Å². The zero-order valence-electron chi connectivity index (χ0n) is 11.8. The predicted molar refractivity (Wildman–Crippen MR) is 79.1 cm³/mol. The van der Waals surface area contributed by atoms with Gasteiger partial charge in [-0.15, -0.1) is 11.3 Å². The number of aryl methyl sites for hydroxylation is 1. The third-order valence-electron chi connectivity index (χ3n) is 3.23. The molecule has 2 rings (SSSR count). The molecule has 1 aliphatic rings. The van der Waals surface area contributed by atoms with E-state index >= 15 is 0 Å². The number of piperidine rings is 1. The van der Waals surface area contributed by atoms with E-state index in [0.29, 0.717) is 25.9 Å². The molecule has 21 heavy (non-hydrogen) atoms. The lowest BCUT2D eigenvalue weighted by atomic mass is 10.1. The van der Waals surface area contributed by atoms with Crippen LogP contribution < -0.4 is 0 Å². The van der Waals surface area contributed by atoms with Crippen molar-refractivity contribution in [1.82, 2.24) is 9.88 Å². The van der Waals surface area contributed by atoms with E-state index in [1.54, 1.807) is 22.3 Å². The topological polar surface area (TPSA) is 79.7 Å². The smallest absolute Gasteiger partial charge is 0.329 e. The molecule has 7 heteroatoms. The number of amides is 1. The number of nitrogens with zero attached hydrogens (tertiary/aromatic N) is 2. The number of hydrogen-bond donors (Lipinski definition) is 1. The number of carboxylic acid groups (broad SMARTS) is 1. The largest absolute Gasteiger partial charge is 0.480 e. The zero-order valence-corrected chi connectivity index (χ0v) is 12.6. The third-order valence-corrected chi connectivity index (χ3v) is 4.02. The molecule has 0 aliphatic carbocycles. The van der Waals surface area contributed by atoms with Crippen LogP contribution in [0, 0.1) is 6.92 Å². The summed E-state index contributed by atoms with van der Waals surface area (Å²) in [6.07, 6.45) is 4.52. The molecule has 0 unspecified atom stereocenters. The molecule has 0 bridgehead atoms. The van der Waals surface area contributed by atoms with Gasteiger partial charge in [0.05, 0.1) is 16.8 Å². The van der Waals surface area contributed by atoms with Gasteiger partial charge in [0.1, 0.15) is 6.61 Å². The van der Waals surface area contributed by atoms with Gasteiger partial charge in [0.25, 0.3) is 0 Å². The van der Waals surface area contributed by atoms with E-state index < -0.39 is 5.97 Å². The minimum Gasteiger partial charge on any atom is -0.480 e. The van der Waals surface area contributed by atoms with Crippen molar-refractivity contribution in [3.8, 4) is 0 Å². The lowest BCUT2D eigenvalue weighted by Gasteiger charge is -2.30. The van der Waals surface area contributed by atoms with E-state index in [2.05, 4.69) is 4.98 Å². The predicted octanol–water partition coefficient (Wildman–Crippen LogP) is 1.56. The van der Waals surface area contributed by atoms with Crippen molar-refractivity contribution >= 4 is 29.3 Å². The summed E-state index contributed by atoms with van der Waals surface area (Å²) in [6.45, 7) is 2.82. The fourth-order valence-corrected chi connectivity index (χ4v) is 2.73. The summed E-state index contributed by atoms with van der Waals surface area (Å²) in [5, 5.41) is 11.4. The van der Waals surface area contributed by atoms with E-state index in [1.807, 2.05) is 12.3 Å². The van der Waals surface area contributed by atoms with Crippen molar-refractivity contribution in [1.29, 1.82) is 0 Å². The van der Waals surface area contributed by atoms with E-state index in [4.69, 9.17) is 9.84 Å². The number of carbonyl (C=O) groups excluding carboxylic acids is 1. The molecule has 2 heterocycles. The summed E-state index contributed by atoms with van der Waals surface area (Å²) < 4.78 is 5.24. The number of rotatable bonds is 5. The van der Waals surface area contributed by atoms with Crippen LogP contribution in [0.3, 0.4) is 0 Å². The highest BCUT2D eigenvalue weighted by Gasteiger charge is 2.22. The van der Waals surface area contributed by atoms with Crippen LogP contribution in [-0.2, 0) is 14.3 Å². The van der Waals surface area contributed by atoms with E-state index in [9.17, 15) is 9.59 Å². The first-order valence-corrected chi connectivity index (χ1v) is 7.65. The Morgan fingerprint density at radius 2 is 2.24 bits per heavy atom. The summed E-state index contributed by atoms with van der Waals surface area (Å²) in [5.74, 6) is -1.01. The molecule has 1 saturated heterocycles. The highest BCUT2D eigenvalue weighted by molar-refractivity contribution is 7.09. The van der Waals surface area contributed by atoms with Gasteiger partial charge in [-0.05, 0) is 25.8 Å². The number of aromatic nitrogens is 1. The summed E-state index contributed by atoms with van der Waals surface area (Å²) >= 11 is 1.55. The second kappa shape index (κ2) is 7.33. The number of carbonyl (C=O) groups is 2. The molecule has 1 aromatic rings. The zero-order chi connectivity index (χ0) is 15.2. The van der Waals surface area contributed by atoms with E-state index in [0.717, 1.165) is 10.7 Å². The normalized spacial score (nSPS) is 16.5. The van der Waals surface area contributed by atoms with Gasteiger partial charge in [0.15, 0.2) is 0 Å². The van der Waals surface area contributed by atoms with E-state index in [-0.39, 0.29) is 18.6 Å². The summed E-state index contributed by atoms with van der Waals surface area (Å²) in [6, 6.07) is 0. The Kier molecular flexibility index (Phi) is 5.46. The molecular weight excluding hydrogens is 292 g/mol. The van der Waals surface area contributed by atoms with Gasteiger partial charge in [-0.2, -0.15) is 0 Å².